The van der Waals surface area contributed by atoms with Crippen molar-refractivity contribution < 1.29 is 0 Å². The van der Waals surface area contributed by atoms with Crippen molar-refractivity contribution >= 4 is 0 Å². The third-order valence-corrected chi connectivity index (χ3v) is 2.17. The van der Waals surface area contributed by atoms with Gasteiger partial charge in [-0.15, -0.1) is 0 Å². The summed E-state index contributed by atoms with van der Waals surface area (Å²) < 4.78 is 0. The Morgan fingerprint density at radius 2 is 2.40 bits per heavy atom. The van der Waals surface area contributed by atoms with Crippen molar-refractivity contribution in [3.63, 3.8) is 0 Å². The summed E-state index contributed by atoms with van der Waals surface area (Å²) >= 11 is 0. The molecule has 0 bridgehead atoms. The van der Waals surface area contributed by atoms with Crippen LogP contribution in [0.5, 0.6) is 0 Å². The van der Waals surface area contributed by atoms with Gasteiger partial charge in [-0.1, -0.05) is 6.92 Å². The van der Waals surface area contributed by atoms with Gasteiger partial charge >= 0.3 is 0 Å². The lowest BCUT2D eigenvalue weighted by Crippen LogP contribution is -2.44. The Balaban J connectivity index is 2.22. The molecule has 0 saturated carbocycles. The molecule has 2 N–H and O–H groups in total. The van der Waals surface area contributed by atoms with E-state index in [2.05, 4.69) is 24.5 Å². The second kappa shape index (κ2) is 3.35. The Kier molecular flexibility index (Phi) is 2.69. The van der Waals surface area contributed by atoms with E-state index in [0.717, 1.165) is 13.1 Å². The van der Waals surface area contributed by atoms with Gasteiger partial charge in [-0.25, -0.2) is 0 Å². The summed E-state index contributed by atoms with van der Waals surface area (Å²) in [6.07, 6.45) is 2.50. The standard InChI is InChI=1S/C8H18N2/c1-3-5-10-8(2)4-6-9-7-8/h9-10H,3-7H2,1-2H3. The maximum atomic E-state index is 3.55. The van der Waals surface area contributed by atoms with Crippen LogP contribution < -0.4 is 10.6 Å². The van der Waals surface area contributed by atoms with Crippen molar-refractivity contribution in [1.29, 1.82) is 0 Å². The normalized spacial score (nSPS) is 33.0. The summed E-state index contributed by atoms with van der Waals surface area (Å²) in [4.78, 5) is 0. The van der Waals surface area contributed by atoms with Gasteiger partial charge in [-0.05, 0) is 32.9 Å². The third-order valence-electron chi connectivity index (χ3n) is 2.17. The third kappa shape index (κ3) is 1.96. The topological polar surface area (TPSA) is 24.1 Å². The second-order valence-corrected chi connectivity index (χ2v) is 3.41. The number of rotatable bonds is 3. The summed E-state index contributed by atoms with van der Waals surface area (Å²) in [5.41, 5.74) is 0.385. The molecule has 0 aromatic heterocycles. The molecule has 1 fully saturated rings. The summed E-state index contributed by atoms with van der Waals surface area (Å²) in [7, 11) is 0. The molecule has 0 radical (unpaired) electrons. The van der Waals surface area contributed by atoms with Crippen molar-refractivity contribution in [2.24, 2.45) is 0 Å². The summed E-state index contributed by atoms with van der Waals surface area (Å²) in [6.45, 7) is 7.96. The first-order valence-corrected chi connectivity index (χ1v) is 4.22. The fourth-order valence-electron chi connectivity index (χ4n) is 1.39. The van der Waals surface area contributed by atoms with Crippen LogP contribution in [0.25, 0.3) is 0 Å². The van der Waals surface area contributed by atoms with Crippen LogP contribution in [0.3, 0.4) is 0 Å². The Hall–Kier alpha value is -0.0800. The molecule has 0 amide bonds. The van der Waals surface area contributed by atoms with Gasteiger partial charge in [0.2, 0.25) is 0 Å². The molecule has 0 aromatic rings. The summed E-state index contributed by atoms with van der Waals surface area (Å²) in [5, 5.41) is 6.90. The molecule has 1 unspecified atom stereocenters. The fourth-order valence-corrected chi connectivity index (χ4v) is 1.39. The van der Waals surface area contributed by atoms with E-state index in [1.807, 2.05) is 0 Å². The van der Waals surface area contributed by atoms with E-state index in [1.54, 1.807) is 0 Å². The Labute approximate surface area is 63.4 Å². The summed E-state index contributed by atoms with van der Waals surface area (Å²) in [6, 6.07) is 0. The first kappa shape index (κ1) is 8.02. The predicted molar refractivity (Wildman–Crippen MR) is 44.2 cm³/mol. The molecule has 10 heavy (non-hydrogen) atoms. The van der Waals surface area contributed by atoms with Crippen LogP contribution in [0.4, 0.5) is 0 Å². The van der Waals surface area contributed by atoms with Crippen LogP contribution in [-0.2, 0) is 0 Å². The zero-order valence-electron chi connectivity index (χ0n) is 7.04. The minimum atomic E-state index is 0.385. The Morgan fingerprint density at radius 3 is 2.90 bits per heavy atom. The molecule has 1 aliphatic rings. The minimum absolute atomic E-state index is 0.385. The first-order valence-electron chi connectivity index (χ1n) is 4.22. The van der Waals surface area contributed by atoms with Gasteiger partial charge in [0.25, 0.3) is 0 Å². The van der Waals surface area contributed by atoms with Crippen molar-refractivity contribution in [2.75, 3.05) is 19.6 Å². The van der Waals surface area contributed by atoms with E-state index < -0.39 is 0 Å². The fraction of sp³-hybridized carbons (Fsp3) is 1.00. The van der Waals surface area contributed by atoms with Gasteiger partial charge in [0.1, 0.15) is 0 Å². The van der Waals surface area contributed by atoms with Crippen LogP contribution in [0.15, 0.2) is 0 Å². The Morgan fingerprint density at radius 1 is 1.60 bits per heavy atom. The van der Waals surface area contributed by atoms with Crippen LogP contribution in [0.1, 0.15) is 26.7 Å². The molecule has 1 aliphatic heterocycles. The molecule has 1 saturated heterocycles. The van der Waals surface area contributed by atoms with Gasteiger partial charge in [0, 0.05) is 12.1 Å². The van der Waals surface area contributed by atoms with Gasteiger partial charge in [-0.3, -0.25) is 0 Å². The number of hydrogen-bond acceptors (Lipinski definition) is 2. The second-order valence-electron chi connectivity index (χ2n) is 3.41. The van der Waals surface area contributed by atoms with Crippen LogP contribution in [0, 0.1) is 0 Å². The quantitative estimate of drug-likeness (QED) is 0.607. The average molecular weight is 142 g/mol. The average Bonchev–Trinajstić information content (AvgIpc) is 2.33. The van der Waals surface area contributed by atoms with Crippen molar-refractivity contribution in [3.8, 4) is 0 Å². The monoisotopic (exact) mass is 142 g/mol. The molecule has 2 heteroatoms. The molecule has 0 aliphatic carbocycles. The molecule has 2 nitrogen and oxygen atoms in total. The van der Waals surface area contributed by atoms with Gasteiger partial charge in [0.05, 0.1) is 0 Å². The smallest absolute Gasteiger partial charge is 0.0289 e. The van der Waals surface area contributed by atoms with E-state index in [4.69, 9.17) is 0 Å². The van der Waals surface area contributed by atoms with Crippen LogP contribution in [0.2, 0.25) is 0 Å². The van der Waals surface area contributed by atoms with Crippen molar-refractivity contribution in [1.82, 2.24) is 10.6 Å². The minimum Gasteiger partial charge on any atom is -0.315 e. The lowest BCUT2D eigenvalue weighted by atomic mass is 10.0. The van der Waals surface area contributed by atoms with Crippen LogP contribution >= 0.6 is 0 Å². The highest BCUT2D eigenvalue weighted by molar-refractivity contribution is 4.90. The van der Waals surface area contributed by atoms with E-state index >= 15 is 0 Å². The SMILES string of the molecule is CCCNC1(C)CCNC1. The highest BCUT2D eigenvalue weighted by atomic mass is 15.1. The molecule has 1 atom stereocenters. The van der Waals surface area contributed by atoms with E-state index in [9.17, 15) is 0 Å². The van der Waals surface area contributed by atoms with E-state index in [1.165, 1.54) is 19.4 Å². The molecule has 1 heterocycles. The molecule has 0 spiro atoms. The van der Waals surface area contributed by atoms with Crippen LogP contribution in [-0.4, -0.2) is 25.2 Å². The molecule has 0 aromatic carbocycles. The maximum absolute atomic E-state index is 3.55. The number of hydrogen-bond donors (Lipinski definition) is 2. The Bertz CT molecular complexity index is 95.4. The highest BCUT2D eigenvalue weighted by Crippen LogP contribution is 2.12. The zero-order valence-corrected chi connectivity index (χ0v) is 7.04. The highest BCUT2D eigenvalue weighted by Gasteiger charge is 2.26. The molecule has 60 valence electrons. The van der Waals surface area contributed by atoms with E-state index in [-0.39, 0.29) is 0 Å². The predicted octanol–water partition coefficient (Wildman–Crippen LogP) is 0.738. The number of nitrogens with one attached hydrogen (secondary N) is 2. The largest absolute Gasteiger partial charge is 0.315 e. The molecule has 1 rings (SSSR count). The van der Waals surface area contributed by atoms with Gasteiger partial charge in [0.15, 0.2) is 0 Å². The lowest BCUT2D eigenvalue weighted by Gasteiger charge is -2.23. The van der Waals surface area contributed by atoms with E-state index in [0.29, 0.717) is 5.54 Å². The maximum Gasteiger partial charge on any atom is 0.0289 e. The molecular formula is C8H18N2. The van der Waals surface area contributed by atoms with Crippen molar-refractivity contribution in [2.45, 2.75) is 32.2 Å². The van der Waals surface area contributed by atoms with Crippen molar-refractivity contribution in [3.05, 3.63) is 0 Å². The summed E-state index contributed by atoms with van der Waals surface area (Å²) in [5.74, 6) is 0. The first-order chi connectivity index (χ1) is 4.77. The zero-order chi connectivity index (χ0) is 7.45. The van der Waals surface area contributed by atoms with Gasteiger partial charge < -0.3 is 10.6 Å². The lowest BCUT2D eigenvalue weighted by molar-refractivity contribution is 0.389. The molecular weight excluding hydrogens is 124 g/mol. The van der Waals surface area contributed by atoms with Gasteiger partial charge in [-0.2, -0.15) is 0 Å².